The highest BCUT2D eigenvalue weighted by atomic mass is 35.5. The van der Waals surface area contributed by atoms with Gasteiger partial charge in [-0.05, 0) is 67.8 Å². The molecule has 0 fully saturated rings. The molecule has 0 unspecified atom stereocenters. The van der Waals surface area contributed by atoms with Crippen LogP contribution in [0.4, 0.5) is 10.1 Å². The number of carbonyl (C=O) groups is 2. The number of carbonyl (C=O) groups excluding carboxylic acids is 2. The molecule has 0 aromatic heterocycles. The zero-order valence-corrected chi connectivity index (χ0v) is 23.8. The van der Waals surface area contributed by atoms with E-state index in [9.17, 15) is 22.4 Å². The summed E-state index contributed by atoms with van der Waals surface area (Å²) in [5.74, 6) is -1.40. The van der Waals surface area contributed by atoms with Crippen molar-refractivity contribution in [2.75, 3.05) is 17.4 Å². The van der Waals surface area contributed by atoms with Crippen LogP contribution in [0.1, 0.15) is 37.8 Å². The molecule has 0 spiro atoms. The SMILES string of the molecule is CCCCNC(=O)[C@@H](C)N(Cc1ccc(F)cc1)C(=O)CN(c1cc(Cl)ccc1C)S(=O)(=O)c1ccccc1. The normalized spacial score (nSPS) is 12.0. The first-order chi connectivity index (χ1) is 18.5. The predicted molar refractivity (Wildman–Crippen MR) is 151 cm³/mol. The van der Waals surface area contributed by atoms with Gasteiger partial charge in [0.25, 0.3) is 10.0 Å². The molecular weight excluding hydrogens is 541 g/mol. The monoisotopic (exact) mass is 573 g/mol. The van der Waals surface area contributed by atoms with E-state index in [0.29, 0.717) is 22.7 Å². The maximum absolute atomic E-state index is 13.9. The van der Waals surface area contributed by atoms with Gasteiger partial charge in [-0.15, -0.1) is 0 Å². The summed E-state index contributed by atoms with van der Waals surface area (Å²) < 4.78 is 42.2. The molecule has 7 nitrogen and oxygen atoms in total. The number of sulfonamides is 1. The lowest BCUT2D eigenvalue weighted by molar-refractivity contribution is -0.139. The molecule has 3 aromatic carbocycles. The zero-order chi connectivity index (χ0) is 28.6. The van der Waals surface area contributed by atoms with Crippen molar-refractivity contribution in [3.05, 3.63) is 94.8 Å². The smallest absolute Gasteiger partial charge is 0.264 e. The van der Waals surface area contributed by atoms with Crippen molar-refractivity contribution in [1.29, 1.82) is 0 Å². The lowest BCUT2D eigenvalue weighted by Crippen LogP contribution is -2.51. The van der Waals surface area contributed by atoms with Crippen molar-refractivity contribution >= 4 is 39.1 Å². The van der Waals surface area contributed by atoms with Crippen LogP contribution in [0.3, 0.4) is 0 Å². The zero-order valence-electron chi connectivity index (χ0n) is 22.2. The van der Waals surface area contributed by atoms with Crippen LogP contribution in [0.2, 0.25) is 5.02 Å². The van der Waals surface area contributed by atoms with Gasteiger partial charge in [0.1, 0.15) is 18.4 Å². The number of nitrogens with one attached hydrogen (secondary N) is 1. The number of nitrogens with zero attached hydrogens (tertiary/aromatic N) is 2. The molecular formula is C29H33ClFN3O4S. The number of unbranched alkanes of at least 4 members (excludes halogenated alkanes) is 1. The van der Waals surface area contributed by atoms with Crippen LogP contribution in [0.25, 0.3) is 0 Å². The van der Waals surface area contributed by atoms with E-state index < -0.39 is 34.3 Å². The summed E-state index contributed by atoms with van der Waals surface area (Å²) in [6, 6.07) is 17.3. The summed E-state index contributed by atoms with van der Waals surface area (Å²) in [7, 11) is -4.19. The van der Waals surface area contributed by atoms with Crippen molar-refractivity contribution in [2.24, 2.45) is 0 Å². The topological polar surface area (TPSA) is 86.8 Å². The van der Waals surface area contributed by atoms with Gasteiger partial charge in [-0.25, -0.2) is 12.8 Å². The van der Waals surface area contributed by atoms with Crippen LogP contribution in [-0.4, -0.2) is 44.3 Å². The summed E-state index contributed by atoms with van der Waals surface area (Å²) in [6.07, 6.45) is 1.67. The van der Waals surface area contributed by atoms with Gasteiger partial charge in [0.05, 0.1) is 10.6 Å². The average Bonchev–Trinajstić information content (AvgIpc) is 2.92. The molecule has 2 amide bonds. The van der Waals surface area contributed by atoms with Crippen molar-refractivity contribution < 1.29 is 22.4 Å². The Balaban J connectivity index is 2.02. The van der Waals surface area contributed by atoms with E-state index >= 15 is 0 Å². The molecule has 0 aliphatic carbocycles. The van der Waals surface area contributed by atoms with Crippen molar-refractivity contribution in [3.63, 3.8) is 0 Å². The maximum Gasteiger partial charge on any atom is 0.264 e. The number of halogens is 2. The molecule has 10 heteroatoms. The van der Waals surface area contributed by atoms with Crippen LogP contribution in [0.5, 0.6) is 0 Å². The number of rotatable bonds is 12. The van der Waals surface area contributed by atoms with Crippen molar-refractivity contribution in [3.8, 4) is 0 Å². The molecule has 0 radical (unpaired) electrons. The maximum atomic E-state index is 13.9. The molecule has 0 bridgehead atoms. The van der Waals surface area contributed by atoms with Gasteiger partial charge in [-0.1, -0.05) is 61.3 Å². The third-order valence-electron chi connectivity index (χ3n) is 6.31. The minimum absolute atomic E-state index is 0.00705. The summed E-state index contributed by atoms with van der Waals surface area (Å²) in [5, 5.41) is 3.14. The van der Waals surface area contributed by atoms with Crippen LogP contribution in [0, 0.1) is 12.7 Å². The largest absolute Gasteiger partial charge is 0.354 e. The number of amides is 2. The lowest BCUT2D eigenvalue weighted by atomic mass is 10.1. The fraction of sp³-hybridized carbons (Fsp3) is 0.310. The molecule has 0 heterocycles. The summed E-state index contributed by atoms with van der Waals surface area (Å²) >= 11 is 6.23. The Morgan fingerprint density at radius 1 is 1.03 bits per heavy atom. The van der Waals surface area contributed by atoms with Crippen molar-refractivity contribution in [1.82, 2.24) is 10.2 Å². The Bertz CT molecular complexity index is 1390. The molecule has 0 aliphatic heterocycles. The Kier molecular flexibility index (Phi) is 10.5. The second kappa shape index (κ2) is 13.6. The third-order valence-corrected chi connectivity index (χ3v) is 8.32. The minimum atomic E-state index is -4.19. The van der Waals surface area contributed by atoms with Crippen molar-refractivity contribution in [2.45, 2.75) is 51.1 Å². The fourth-order valence-electron chi connectivity index (χ4n) is 3.99. The second-order valence-electron chi connectivity index (χ2n) is 9.22. The van der Waals surface area contributed by atoms with E-state index in [1.807, 2.05) is 6.92 Å². The highest BCUT2D eigenvalue weighted by molar-refractivity contribution is 7.92. The molecule has 0 saturated heterocycles. The van der Waals surface area contributed by atoms with E-state index in [1.54, 1.807) is 44.2 Å². The van der Waals surface area contributed by atoms with E-state index in [2.05, 4.69) is 5.32 Å². The van der Waals surface area contributed by atoms with Gasteiger partial charge in [0.2, 0.25) is 11.8 Å². The fourth-order valence-corrected chi connectivity index (χ4v) is 5.65. The van der Waals surface area contributed by atoms with Gasteiger partial charge in [-0.3, -0.25) is 13.9 Å². The molecule has 0 aliphatic rings. The first kappa shape index (κ1) is 30.1. The van der Waals surface area contributed by atoms with Crippen LogP contribution in [0.15, 0.2) is 77.7 Å². The van der Waals surface area contributed by atoms with Gasteiger partial charge in [0, 0.05) is 18.1 Å². The predicted octanol–water partition coefficient (Wildman–Crippen LogP) is 5.32. The lowest BCUT2D eigenvalue weighted by Gasteiger charge is -2.32. The number of benzene rings is 3. The van der Waals surface area contributed by atoms with E-state index in [-0.39, 0.29) is 23.0 Å². The van der Waals surface area contributed by atoms with Gasteiger partial charge in [-0.2, -0.15) is 0 Å². The Hall–Kier alpha value is -3.43. The third kappa shape index (κ3) is 7.80. The first-order valence-electron chi connectivity index (χ1n) is 12.7. The number of hydrogen-bond donors (Lipinski definition) is 1. The Morgan fingerprint density at radius 2 is 1.69 bits per heavy atom. The van der Waals surface area contributed by atoms with Gasteiger partial charge < -0.3 is 10.2 Å². The van der Waals surface area contributed by atoms with E-state index in [0.717, 1.165) is 17.1 Å². The van der Waals surface area contributed by atoms with E-state index in [4.69, 9.17) is 11.6 Å². The highest BCUT2D eigenvalue weighted by Crippen LogP contribution is 2.30. The molecule has 0 saturated carbocycles. The summed E-state index contributed by atoms with van der Waals surface area (Å²) in [6.45, 7) is 5.17. The molecule has 39 heavy (non-hydrogen) atoms. The summed E-state index contributed by atoms with van der Waals surface area (Å²) in [4.78, 5) is 28.2. The minimum Gasteiger partial charge on any atom is -0.354 e. The Morgan fingerprint density at radius 3 is 2.33 bits per heavy atom. The van der Waals surface area contributed by atoms with Gasteiger partial charge in [0.15, 0.2) is 0 Å². The van der Waals surface area contributed by atoms with Crippen LogP contribution < -0.4 is 9.62 Å². The Labute approximate surface area is 234 Å². The number of hydrogen-bond acceptors (Lipinski definition) is 4. The molecule has 1 atom stereocenters. The first-order valence-corrected chi connectivity index (χ1v) is 14.5. The molecule has 3 rings (SSSR count). The van der Waals surface area contributed by atoms with Gasteiger partial charge >= 0.3 is 0 Å². The number of aryl methyl sites for hydroxylation is 1. The highest BCUT2D eigenvalue weighted by Gasteiger charge is 2.33. The number of anilines is 1. The standard InChI is InChI=1S/C29H33ClFN3O4S/c1-4-5-17-32-29(36)22(3)33(19-23-12-15-25(31)16-13-23)28(35)20-34(27-18-24(30)14-11-21(27)2)39(37,38)26-9-7-6-8-10-26/h6-16,18,22H,4-5,17,19-20H2,1-3H3,(H,32,36)/t22-/m1/s1. The summed E-state index contributed by atoms with van der Waals surface area (Å²) in [5.41, 5.74) is 1.44. The van der Waals surface area contributed by atoms with E-state index in [1.165, 1.54) is 47.4 Å². The quantitative estimate of drug-likeness (QED) is 0.297. The second-order valence-corrected chi connectivity index (χ2v) is 11.5. The molecule has 1 N–H and O–H groups in total. The molecule has 208 valence electrons. The molecule has 3 aromatic rings. The van der Waals surface area contributed by atoms with Crippen LogP contribution >= 0.6 is 11.6 Å². The van der Waals surface area contributed by atoms with Crippen LogP contribution in [-0.2, 0) is 26.2 Å². The average molecular weight is 574 g/mol.